The van der Waals surface area contributed by atoms with Crippen molar-refractivity contribution >= 4 is 11.6 Å². The van der Waals surface area contributed by atoms with Crippen LogP contribution in [0, 0.1) is 34.5 Å². The molecule has 0 spiro atoms. The van der Waals surface area contributed by atoms with Crippen LogP contribution >= 0.6 is 0 Å². The van der Waals surface area contributed by atoms with E-state index in [0.29, 0.717) is 42.2 Å². The van der Waals surface area contributed by atoms with E-state index in [2.05, 4.69) is 13.8 Å². The number of aliphatic hydroxyl groups is 1. The number of aliphatic hydroxyl groups excluding tert-OH is 1. The minimum Gasteiger partial charge on any atom is -0.393 e. The monoisotopic (exact) mass is 304 g/mol. The van der Waals surface area contributed by atoms with Crippen LogP contribution in [0.2, 0.25) is 0 Å². The van der Waals surface area contributed by atoms with Crippen LogP contribution in [0.3, 0.4) is 0 Å². The number of carbonyl (C=O) groups excluding carboxylic acids is 2. The van der Waals surface area contributed by atoms with E-state index in [-0.39, 0.29) is 22.9 Å². The molecule has 0 unspecified atom stereocenters. The first kappa shape index (κ1) is 14.9. The molecule has 0 heterocycles. The van der Waals surface area contributed by atoms with Gasteiger partial charge < -0.3 is 5.11 Å². The van der Waals surface area contributed by atoms with Crippen molar-refractivity contribution in [1.29, 1.82) is 0 Å². The molecule has 122 valence electrons. The van der Waals surface area contributed by atoms with Crippen LogP contribution in [-0.4, -0.2) is 22.8 Å². The molecular weight excluding hydrogens is 276 g/mol. The van der Waals surface area contributed by atoms with Gasteiger partial charge in [0.2, 0.25) is 0 Å². The van der Waals surface area contributed by atoms with E-state index in [1.165, 1.54) is 0 Å². The molecule has 4 rings (SSSR count). The Morgan fingerprint density at radius 3 is 2.64 bits per heavy atom. The third kappa shape index (κ3) is 1.78. The van der Waals surface area contributed by atoms with E-state index >= 15 is 0 Å². The van der Waals surface area contributed by atoms with Crippen molar-refractivity contribution in [2.24, 2.45) is 34.5 Å². The zero-order valence-electron chi connectivity index (χ0n) is 13.8. The lowest BCUT2D eigenvalue weighted by Gasteiger charge is -2.58. The van der Waals surface area contributed by atoms with Crippen molar-refractivity contribution in [3.63, 3.8) is 0 Å². The highest BCUT2D eigenvalue weighted by Crippen LogP contribution is 2.64. The summed E-state index contributed by atoms with van der Waals surface area (Å²) in [5.74, 6) is 2.14. The third-order valence-corrected chi connectivity index (χ3v) is 8.04. The van der Waals surface area contributed by atoms with Crippen LogP contribution in [-0.2, 0) is 9.59 Å². The second-order valence-electron chi connectivity index (χ2n) is 8.98. The van der Waals surface area contributed by atoms with Crippen molar-refractivity contribution in [2.75, 3.05) is 0 Å². The fourth-order valence-corrected chi connectivity index (χ4v) is 6.83. The number of ketones is 2. The standard InChI is InChI=1S/C19H28O3/c1-18-8-7-12(20)9-11(18)3-4-13-14-5-6-16(22)19(14,2)10-15(21)17(13)18/h11-14,17,20H,3-10H2,1-2H3/t11-,12+,13+,14+,17+,18+,19+/m1/s1. The molecule has 4 fully saturated rings. The van der Waals surface area contributed by atoms with Crippen molar-refractivity contribution < 1.29 is 14.7 Å². The van der Waals surface area contributed by atoms with Gasteiger partial charge in [0.15, 0.2) is 0 Å². The maximum Gasteiger partial charge on any atom is 0.139 e. The van der Waals surface area contributed by atoms with Gasteiger partial charge in [0, 0.05) is 24.2 Å². The Morgan fingerprint density at radius 1 is 1.09 bits per heavy atom. The Hall–Kier alpha value is -0.700. The topological polar surface area (TPSA) is 54.4 Å². The molecule has 0 aliphatic heterocycles. The smallest absolute Gasteiger partial charge is 0.139 e. The summed E-state index contributed by atoms with van der Waals surface area (Å²) in [6.45, 7) is 4.36. The minimum atomic E-state index is -0.365. The largest absolute Gasteiger partial charge is 0.393 e. The summed E-state index contributed by atoms with van der Waals surface area (Å²) in [6, 6.07) is 0. The molecule has 0 aromatic carbocycles. The van der Waals surface area contributed by atoms with E-state index in [1.807, 2.05) is 0 Å². The molecule has 3 heteroatoms. The first-order chi connectivity index (χ1) is 10.4. The van der Waals surface area contributed by atoms with Gasteiger partial charge >= 0.3 is 0 Å². The minimum absolute atomic E-state index is 0.0617. The van der Waals surface area contributed by atoms with Gasteiger partial charge in [0.05, 0.1) is 6.10 Å². The SMILES string of the molecule is C[C@]12CC[C@H](O)C[C@H]1CC[C@@H]1[C@H]2C(=O)C[C@]2(C)C(=O)CC[C@@H]12. The molecular formula is C19H28O3. The molecule has 0 aromatic rings. The molecule has 1 N–H and O–H groups in total. The number of Topliss-reactive ketones (excluding diaryl/α,β-unsaturated/α-hetero) is 2. The molecule has 7 atom stereocenters. The van der Waals surface area contributed by atoms with Gasteiger partial charge in [-0.05, 0) is 61.7 Å². The maximum atomic E-state index is 13.0. The van der Waals surface area contributed by atoms with Crippen molar-refractivity contribution in [1.82, 2.24) is 0 Å². The van der Waals surface area contributed by atoms with Crippen LogP contribution in [0.4, 0.5) is 0 Å². The molecule has 0 aromatic heterocycles. The summed E-state index contributed by atoms with van der Waals surface area (Å²) < 4.78 is 0. The highest BCUT2D eigenvalue weighted by Gasteiger charge is 2.63. The van der Waals surface area contributed by atoms with Crippen LogP contribution in [0.25, 0.3) is 0 Å². The Bertz CT molecular complexity index is 527. The van der Waals surface area contributed by atoms with Gasteiger partial charge in [-0.25, -0.2) is 0 Å². The van der Waals surface area contributed by atoms with E-state index in [4.69, 9.17) is 0 Å². The van der Waals surface area contributed by atoms with Gasteiger partial charge in [-0.15, -0.1) is 0 Å². The van der Waals surface area contributed by atoms with Gasteiger partial charge in [0.1, 0.15) is 11.6 Å². The molecule has 4 saturated carbocycles. The predicted molar refractivity (Wildman–Crippen MR) is 83.1 cm³/mol. The quantitative estimate of drug-likeness (QED) is 0.748. The average molecular weight is 304 g/mol. The summed E-state index contributed by atoms with van der Waals surface area (Å²) in [6.07, 6.45) is 6.86. The van der Waals surface area contributed by atoms with E-state index in [9.17, 15) is 14.7 Å². The first-order valence-corrected chi connectivity index (χ1v) is 9.10. The van der Waals surface area contributed by atoms with Crippen LogP contribution in [0.15, 0.2) is 0 Å². The normalized spacial score (nSPS) is 54.6. The number of hydrogen-bond donors (Lipinski definition) is 1. The third-order valence-electron chi connectivity index (χ3n) is 8.04. The lowest BCUT2D eigenvalue weighted by atomic mass is 9.45. The van der Waals surface area contributed by atoms with Crippen molar-refractivity contribution in [3.8, 4) is 0 Å². The molecule has 0 bridgehead atoms. The molecule has 3 nitrogen and oxygen atoms in total. The summed E-state index contributed by atoms with van der Waals surface area (Å²) in [7, 11) is 0. The second kappa shape index (κ2) is 4.66. The van der Waals surface area contributed by atoms with Gasteiger partial charge in [-0.1, -0.05) is 13.8 Å². The average Bonchev–Trinajstić information content (AvgIpc) is 2.75. The van der Waals surface area contributed by atoms with E-state index in [0.717, 1.165) is 38.5 Å². The van der Waals surface area contributed by atoms with Gasteiger partial charge in [-0.2, -0.15) is 0 Å². The molecule has 22 heavy (non-hydrogen) atoms. The highest BCUT2D eigenvalue weighted by atomic mass is 16.3. The Labute approximate surface area is 132 Å². The Balaban J connectivity index is 1.71. The van der Waals surface area contributed by atoms with Gasteiger partial charge in [0.25, 0.3) is 0 Å². The number of carbonyl (C=O) groups is 2. The zero-order chi connectivity index (χ0) is 15.7. The summed E-state index contributed by atoms with van der Waals surface area (Å²) in [5.41, 5.74) is -0.304. The highest BCUT2D eigenvalue weighted by molar-refractivity contribution is 5.95. The molecule has 4 aliphatic carbocycles. The number of rotatable bonds is 0. The van der Waals surface area contributed by atoms with Crippen molar-refractivity contribution in [2.45, 2.75) is 71.3 Å². The zero-order valence-corrected chi connectivity index (χ0v) is 13.8. The van der Waals surface area contributed by atoms with Crippen LogP contribution in [0.5, 0.6) is 0 Å². The number of hydrogen-bond acceptors (Lipinski definition) is 3. The lowest BCUT2D eigenvalue weighted by Crippen LogP contribution is -2.57. The fourth-order valence-electron chi connectivity index (χ4n) is 6.83. The summed E-state index contributed by atoms with van der Waals surface area (Å²) in [5, 5.41) is 10.0. The number of fused-ring (bicyclic) bond motifs is 5. The second-order valence-corrected chi connectivity index (χ2v) is 8.98. The van der Waals surface area contributed by atoms with E-state index < -0.39 is 0 Å². The summed E-state index contributed by atoms with van der Waals surface area (Å²) >= 11 is 0. The van der Waals surface area contributed by atoms with E-state index in [1.54, 1.807) is 0 Å². The van der Waals surface area contributed by atoms with Gasteiger partial charge in [-0.3, -0.25) is 9.59 Å². The fraction of sp³-hybridized carbons (Fsp3) is 0.895. The summed E-state index contributed by atoms with van der Waals surface area (Å²) in [4.78, 5) is 25.4. The van der Waals surface area contributed by atoms with Crippen molar-refractivity contribution in [3.05, 3.63) is 0 Å². The molecule has 0 radical (unpaired) electrons. The molecule has 0 saturated heterocycles. The first-order valence-electron chi connectivity index (χ1n) is 9.10. The molecule has 0 amide bonds. The predicted octanol–water partition coefficient (Wildman–Crippen LogP) is 3.14. The lowest BCUT2D eigenvalue weighted by molar-refractivity contribution is -0.162. The molecule has 4 aliphatic rings. The Kier molecular flexibility index (Phi) is 3.15. The van der Waals surface area contributed by atoms with Crippen LogP contribution < -0.4 is 0 Å². The Morgan fingerprint density at radius 2 is 1.86 bits per heavy atom. The van der Waals surface area contributed by atoms with Crippen LogP contribution in [0.1, 0.15) is 65.2 Å². The maximum absolute atomic E-state index is 13.0.